The van der Waals surface area contributed by atoms with E-state index in [0.717, 1.165) is 56.4 Å². The zero-order chi connectivity index (χ0) is 39.2. The molecule has 3 saturated heterocycles. The number of carbonyl (C=O) groups excluding carboxylic acids is 2. The van der Waals surface area contributed by atoms with E-state index in [0.29, 0.717) is 73.3 Å². The first kappa shape index (κ1) is 39.5. The van der Waals surface area contributed by atoms with Crippen LogP contribution in [0.4, 0.5) is 4.79 Å². The number of carboxylic acid groups (broad SMARTS) is 1. The summed E-state index contributed by atoms with van der Waals surface area (Å²) in [5.41, 5.74) is 1.71. The molecule has 3 aromatic rings. The SMILES string of the molecule is COc1ccc(C2(CCN3CCC(NC(=O)N4CCC(C(=O)O)CC4)(c4ccccc4)CC3)CCN(C(=O)c3cc(OC)c(OC)c(OC)c3)C2)cc1OC. The first-order valence-electron chi connectivity index (χ1n) is 19.0. The minimum Gasteiger partial charge on any atom is -0.493 e. The quantitative estimate of drug-likeness (QED) is 0.233. The predicted octanol–water partition coefficient (Wildman–Crippen LogP) is 5.40. The van der Waals surface area contributed by atoms with Crippen molar-refractivity contribution in [1.82, 2.24) is 20.0 Å². The van der Waals surface area contributed by atoms with Gasteiger partial charge in [-0.2, -0.15) is 0 Å². The van der Waals surface area contributed by atoms with E-state index >= 15 is 0 Å². The van der Waals surface area contributed by atoms with Gasteiger partial charge in [-0.05, 0) is 80.5 Å². The summed E-state index contributed by atoms with van der Waals surface area (Å²) in [6.07, 6.45) is 3.93. The lowest BCUT2D eigenvalue weighted by Crippen LogP contribution is -2.57. The van der Waals surface area contributed by atoms with Crippen molar-refractivity contribution in [2.45, 2.75) is 49.5 Å². The average Bonchev–Trinajstić information content (AvgIpc) is 3.68. The van der Waals surface area contributed by atoms with E-state index in [1.54, 1.807) is 31.3 Å². The molecular formula is C42H54N4O9. The van der Waals surface area contributed by atoms with E-state index in [2.05, 4.69) is 28.4 Å². The molecule has 13 heteroatoms. The summed E-state index contributed by atoms with van der Waals surface area (Å²) in [6.45, 7) is 4.26. The van der Waals surface area contributed by atoms with Gasteiger partial charge in [0.2, 0.25) is 5.75 Å². The number of hydrogen-bond acceptors (Lipinski definition) is 9. The minimum absolute atomic E-state index is 0.116. The molecular weight excluding hydrogens is 704 g/mol. The maximum Gasteiger partial charge on any atom is 0.318 e. The van der Waals surface area contributed by atoms with E-state index in [1.807, 2.05) is 35.2 Å². The number of nitrogens with zero attached hydrogens (tertiary/aromatic N) is 3. The fourth-order valence-corrected chi connectivity index (χ4v) is 8.57. The number of rotatable bonds is 13. The first-order valence-corrected chi connectivity index (χ1v) is 19.0. The van der Waals surface area contributed by atoms with Crippen LogP contribution < -0.4 is 29.0 Å². The largest absolute Gasteiger partial charge is 0.493 e. The normalized spacial score (nSPS) is 20.1. The summed E-state index contributed by atoms with van der Waals surface area (Å²) in [7, 11) is 7.86. The molecule has 3 fully saturated rings. The monoisotopic (exact) mass is 758 g/mol. The third-order valence-corrected chi connectivity index (χ3v) is 12.0. The molecule has 1 atom stereocenters. The smallest absolute Gasteiger partial charge is 0.318 e. The van der Waals surface area contributed by atoms with Crippen LogP contribution >= 0.6 is 0 Å². The molecule has 3 aliphatic rings. The van der Waals surface area contributed by atoms with Gasteiger partial charge in [-0.25, -0.2) is 4.79 Å². The maximum absolute atomic E-state index is 14.1. The summed E-state index contributed by atoms with van der Waals surface area (Å²) < 4.78 is 27.9. The van der Waals surface area contributed by atoms with Crippen LogP contribution in [0.3, 0.4) is 0 Å². The second-order valence-corrected chi connectivity index (χ2v) is 14.8. The zero-order valence-electron chi connectivity index (χ0n) is 32.6. The highest BCUT2D eigenvalue weighted by molar-refractivity contribution is 5.96. The van der Waals surface area contributed by atoms with Crippen molar-refractivity contribution < 1.29 is 43.2 Å². The molecule has 2 N–H and O–H groups in total. The van der Waals surface area contributed by atoms with Crippen LogP contribution in [-0.4, -0.2) is 119 Å². The summed E-state index contributed by atoms with van der Waals surface area (Å²) >= 11 is 0. The van der Waals surface area contributed by atoms with Gasteiger partial charge in [-0.1, -0.05) is 36.4 Å². The molecule has 1 unspecified atom stereocenters. The van der Waals surface area contributed by atoms with Crippen LogP contribution in [0.15, 0.2) is 60.7 Å². The lowest BCUT2D eigenvalue weighted by atomic mass is 9.76. The van der Waals surface area contributed by atoms with Gasteiger partial charge in [-0.3, -0.25) is 9.59 Å². The topological polar surface area (TPSA) is 139 Å². The van der Waals surface area contributed by atoms with Crippen LogP contribution in [0.1, 0.15) is 60.0 Å². The number of benzene rings is 3. The molecule has 3 amide bonds. The highest BCUT2D eigenvalue weighted by atomic mass is 16.5. The summed E-state index contributed by atoms with van der Waals surface area (Å²) in [5, 5.41) is 12.9. The predicted molar refractivity (Wildman–Crippen MR) is 207 cm³/mol. The first-order chi connectivity index (χ1) is 26.6. The Morgan fingerprint density at radius 1 is 0.709 bits per heavy atom. The van der Waals surface area contributed by atoms with Crippen molar-refractivity contribution in [3.63, 3.8) is 0 Å². The molecule has 13 nitrogen and oxygen atoms in total. The van der Waals surface area contributed by atoms with E-state index in [4.69, 9.17) is 23.7 Å². The van der Waals surface area contributed by atoms with Crippen LogP contribution in [0.5, 0.6) is 28.7 Å². The number of piperidine rings is 2. The van der Waals surface area contributed by atoms with E-state index in [9.17, 15) is 19.5 Å². The standard InChI is InChI=1S/C42H54N4O9/c1-51-33-12-11-32(27-34(33)52-2)41(16-24-46(28-41)38(47)30-25-35(53-3)37(55-5)36(26-30)54-4)15-21-44-22-17-42(18-23-44,31-9-7-6-8-10-31)43-40(50)45-19-13-29(14-20-45)39(48)49/h6-12,25-27,29H,13-24,28H2,1-5H3,(H,43,50)(H,48,49). The molecule has 3 heterocycles. The molecule has 0 spiro atoms. The van der Waals surface area contributed by atoms with Crippen LogP contribution in [0, 0.1) is 5.92 Å². The molecule has 0 saturated carbocycles. The fourth-order valence-electron chi connectivity index (χ4n) is 8.57. The summed E-state index contributed by atoms with van der Waals surface area (Å²) in [4.78, 5) is 45.4. The van der Waals surface area contributed by atoms with Gasteiger partial charge in [0.25, 0.3) is 5.91 Å². The Morgan fingerprint density at radius 3 is 1.93 bits per heavy atom. The van der Waals surface area contributed by atoms with Gasteiger partial charge in [-0.15, -0.1) is 0 Å². The Bertz CT molecular complexity index is 1800. The second-order valence-electron chi connectivity index (χ2n) is 14.8. The number of carbonyl (C=O) groups is 3. The van der Waals surface area contributed by atoms with Gasteiger partial charge >= 0.3 is 12.0 Å². The Labute approximate surface area is 323 Å². The molecule has 3 aromatic carbocycles. The Morgan fingerprint density at radius 2 is 1.35 bits per heavy atom. The number of ether oxygens (including phenoxy) is 5. The van der Waals surface area contributed by atoms with Crippen molar-refractivity contribution >= 4 is 17.9 Å². The number of urea groups is 1. The molecule has 3 aliphatic heterocycles. The zero-order valence-corrected chi connectivity index (χ0v) is 32.6. The van der Waals surface area contributed by atoms with Crippen molar-refractivity contribution in [2.75, 3.05) is 81.4 Å². The van der Waals surface area contributed by atoms with E-state index < -0.39 is 17.4 Å². The van der Waals surface area contributed by atoms with E-state index in [1.165, 1.54) is 21.3 Å². The maximum atomic E-state index is 14.1. The molecule has 0 aliphatic carbocycles. The molecule has 55 heavy (non-hydrogen) atoms. The average molecular weight is 759 g/mol. The summed E-state index contributed by atoms with van der Waals surface area (Å²) in [6, 6.07) is 19.5. The molecule has 296 valence electrons. The third kappa shape index (κ3) is 8.26. The van der Waals surface area contributed by atoms with Crippen LogP contribution in [0.2, 0.25) is 0 Å². The number of aliphatic carboxylic acids is 1. The summed E-state index contributed by atoms with van der Waals surface area (Å²) in [5.74, 6) is 1.25. The van der Waals surface area contributed by atoms with Gasteiger partial charge in [0.05, 0.1) is 47.0 Å². The number of amides is 3. The molecule has 0 aromatic heterocycles. The van der Waals surface area contributed by atoms with Crippen molar-refractivity contribution in [3.05, 3.63) is 77.4 Å². The number of nitrogens with one attached hydrogen (secondary N) is 1. The number of methoxy groups -OCH3 is 5. The molecule has 0 bridgehead atoms. The van der Waals surface area contributed by atoms with Gasteiger partial charge in [0, 0.05) is 50.2 Å². The van der Waals surface area contributed by atoms with Gasteiger partial charge in [0.15, 0.2) is 23.0 Å². The van der Waals surface area contributed by atoms with Crippen LogP contribution in [0.25, 0.3) is 0 Å². The fraction of sp³-hybridized carbons (Fsp3) is 0.500. The van der Waals surface area contributed by atoms with Crippen molar-refractivity contribution in [1.29, 1.82) is 0 Å². The second kappa shape index (κ2) is 17.1. The highest BCUT2D eigenvalue weighted by Crippen LogP contribution is 2.44. The Kier molecular flexibility index (Phi) is 12.3. The number of likely N-dealkylation sites (tertiary alicyclic amines) is 3. The molecule has 0 radical (unpaired) electrons. The molecule has 6 rings (SSSR count). The van der Waals surface area contributed by atoms with Crippen LogP contribution in [-0.2, 0) is 15.7 Å². The minimum atomic E-state index is -0.795. The van der Waals surface area contributed by atoms with E-state index in [-0.39, 0.29) is 17.4 Å². The lowest BCUT2D eigenvalue weighted by Gasteiger charge is -2.45. The Balaban J connectivity index is 1.20. The lowest BCUT2D eigenvalue weighted by molar-refractivity contribution is -0.143. The third-order valence-electron chi connectivity index (χ3n) is 12.0. The Hall–Kier alpha value is -5.17. The van der Waals surface area contributed by atoms with Crippen molar-refractivity contribution in [2.24, 2.45) is 5.92 Å². The van der Waals surface area contributed by atoms with Gasteiger partial charge in [0.1, 0.15) is 0 Å². The van der Waals surface area contributed by atoms with Gasteiger partial charge < -0.3 is 48.8 Å². The van der Waals surface area contributed by atoms with Crippen molar-refractivity contribution in [3.8, 4) is 28.7 Å². The number of hydrogen-bond donors (Lipinski definition) is 2. The number of carboxylic acids is 1. The highest BCUT2D eigenvalue weighted by Gasteiger charge is 2.44.